The molecule has 3 aromatic carbocycles. The van der Waals surface area contributed by atoms with E-state index in [1.54, 1.807) is 31.3 Å². The Kier molecular flexibility index (Phi) is 6.40. The number of nitrogens with one attached hydrogen (secondary N) is 1. The first kappa shape index (κ1) is 22.1. The Labute approximate surface area is 190 Å². The minimum Gasteiger partial charge on any atom is -0.494 e. The maximum atomic E-state index is 12.6. The monoisotopic (exact) mass is 443 g/mol. The van der Waals surface area contributed by atoms with Crippen LogP contribution in [0.1, 0.15) is 28.4 Å². The van der Waals surface area contributed by atoms with Crippen LogP contribution in [0.3, 0.4) is 0 Å². The number of rotatable bonds is 7. The van der Waals surface area contributed by atoms with E-state index in [1.807, 2.05) is 55.5 Å². The van der Waals surface area contributed by atoms with E-state index in [-0.39, 0.29) is 12.5 Å². The molecule has 33 heavy (non-hydrogen) atoms. The maximum Gasteiger partial charge on any atom is 0.317 e. The second kappa shape index (κ2) is 9.56. The second-order valence-electron chi connectivity index (χ2n) is 7.70. The first-order valence-corrected chi connectivity index (χ1v) is 10.8. The van der Waals surface area contributed by atoms with Crippen molar-refractivity contribution in [1.29, 1.82) is 0 Å². The molecule has 4 rings (SSSR count). The lowest BCUT2D eigenvalue weighted by Crippen LogP contribution is -2.40. The zero-order valence-electron chi connectivity index (χ0n) is 18.6. The number of para-hydroxylation sites is 2. The lowest BCUT2D eigenvalue weighted by Gasteiger charge is -2.13. The first-order chi connectivity index (χ1) is 16.0. The Hall–Kier alpha value is -4.13. The van der Waals surface area contributed by atoms with E-state index in [0.717, 1.165) is 16.9 Å². The van der Waals surface area contributed by atoms with Gasteiger partial charge in [0, 0.05) is 19.2 Å². The molecule has 0 bridgehead atoms. The molecule has 1 N–H and O–H groups in total. The van der Waals surface area contributed by atoms with Crippen LogP contribution in [0.2, 0.25) is 0 Å². The molecule has 0 atom stereocenters. The average molecular weight is 444 g/mol. The third kappa shape index (κ3) is 4.72. The number of ether oxygens (including phenoxy) is 1. The van der Waals surface area contributed by atoms with Gasteiger partial charge in [0.1, 0.15) is 5.75 Å². The third-order valence-electron chi connectivity index (χ3n) is 5.51. The average Bonchev–Trinajstić information content (AvgIpc) is 2.85. The number of fused-ring (bicyclic) bond motifs is 1. The zero-order valence-corrected chi connectivity index (χ0v) is 18.6. The van der Waals surface area contributed by atoms with Crippen molar-refractivity contribution in [3.63, 3.8) is 0 Å². The minimum absolute atomic E-state index is 0.188. The maximum absolute atomic E-state index is 12.6. The fourth-order valence-electron chi connectivity index (χ4n) is 3.71. The predicted molar refractivity (Wildman–Crippen MR) is 128 cm³/mol. The molecule has 1 amide bonds. The predicted octanol–water partition coefficient (Wildman–Crippen LogP) is 3.08. The molecule has 7 nitrogen and oxygen atoms in total. The van der Waals surface area contributed by atoms with E-state index < -0.39 is 11.1 Å². The summed E-state index contributed by atoms with van der Waals surface area (Å²) in [6.07, 6.45) is 0. The summed E-state index contributed by atoms with van der Waals surface area (Å²) in [6, 6.07) is 21.9. The molecule has 1 aromatic heterocycles. The number of nitrogens with zero attached hydrogens (tertiary/aromatic N) is 2. The van der Waals surface area contributed by atoms with Crippen molar-refractivity contribution in [3.05, 3.63) is 110 Å². The minimum atomic E-state index is -0.576. The van der Waals surface area contributed by atoms with Gasteiger partial charge in [0.05, 0.1) is 24.2 Å². The molecule has 4 aromatic rings. The van der Waals surface area contributed by atoms with Crippen molar-refractivity contribution < 1.29 is 9.53 Å². The smallest absolute Gasteiger partial charge is 0.317 e. The van der Waals surface area contributed by atoms with Gasteiger partial charge >= 0.3 is 11.1 Å². The van der Waals surface area contributed by atoms with Gasteiger partial charge in [0.2, 0.25) is 0 Å². The normalized spacial score (nSPS) is 10.8. The van der Waals surface area contributed by atoms with Crippen molar-refractivity contribution in [2.24, 2.45) is 7.05 Å². The summed E-state index contributed by atoms with van der Waals surface area (Å²) in [5, 5.41) is 2.90. The molecule has 0 aliphatic carbocycles. The highest BCUT2D eigenvalue weighted by molar-refractivity contribution is 5.94. The van der Waals surface area contributed by atoms with Gasteiger partial charge in [-0.3, -0.25) is 19.0 Å². The van der Waals surface area contributed by atoms with Crippen LogP contribution >= 0.6 is 0 Å². The summed E-state index contributed by atoms with van der Waals surface area (Å²) in [4.78, 5) is 37.5. The number of hydrogen-bond donors (Lipinski definition) is 1. The Morgan fingerprint density at radius 3 is 2.15 bits per heavy atom. The Bertz CT molecular complexity index is 1400. The van der Waals surface area contributed by atoms with Gasteiger partial charge in [0.25, 0.3) is 5.91 Å². The topological polar surface area (TPSA) is 82.3 Å². The van der Waals surface area contributed by atoms with E-state index in [4.69, 9.17) is 4.74 Å². The van der Waals surface area contributed by atoms with Crippen LogP contribution in [0, 0.1) is 0 Å². The van der Waals surface area contributed by atoms with Crippen molar-refractivity contribution in [2.45, 2.75) is 20.0 Å². The van der Waals surface area contributed by atoms with E-state index in [2.05, 4.69) is 5.32 Å². The Balaban J connectivity index is 1.47. The zero-order chi connectivity index (χ0) is 23.4. The van der Waals surface area contributed by atoms with Gasteiger partial charge in [-0.1, -0.05) is 36.4 Å². The molecule has 168 valence electrons. The van der Waals surface area contributed by atoms with Crippen molar-refractivity contribution >= 4 is 16.9 Å². The van der Waals surface area contributed by atoms with Gasteiger partial charge in [-0.25, -0.2) is 0 Å². The largest absolute Gasteiger partial charge is 0.494 e. The van der Waals surface area contributed by atoms with Gasteiger partial charge < -0.3 is 14.6 Å². The number of aromatic nitrogens is 2. The van der Waals surface area contributed by atoms with Crippen LogP contribution in [-0.2, 0) is 20.1 Å². The summed E-state index contributed by atoms with van der Waals surface area (Å²) in [5.41, 5.74) is 2.53. The molecule has 0 aliphatic rings. The SMILES string of the molecule is CCOc1ccc(CNC(=O)c2ccc(Cn3c(=O)c(=O)n(C)c4ccccc43)cc2)cc1. The van der Waals surface area contributed by atoms with E-state index in [1.165, 1.54) is 9.13 Å². The Morgan fingerprint density at radius 1 is 0.848 bits per heavy atom. The van der Waals surface area contributed by atoms with Crippen LogP contribution < -0.4 is 21.2 Å². The standard InChI is InChI=1S/C26H25N3O4/c1-3-33-21-14-10-18(11-15-21)16-27-24(30)20-12-8-19(9-13-20)17-29-23-7-5-4-6-22(23)28(2)25(31)26(29)32/h4-15H,3,16-17H2,1-2H3,(H,27,30). The van der Waals surface area contributed by atoms with E-state index >= 15 is 0 Å². The highest BCUT2D eigenvalue weighted by Gasteiger charge is 2.12. The summed E-state index contributed by atoms with van der Waals surface area (Å²) in [6.45, 7) is 3.18. The highest BCUT2D eigenvalue weighted by atomic mass is 16.5. The van der Waals surface area contributed by atoms with Crippen LogP contribution in [0.5, 0.6) is 5.75 Å². The molecule has 7 heteroatoms. The third-order valence-corrected chi connectivity index (χ3v) is 5.51. The van der Waals surface area contributed by atoms with Crippen molar-refractivity contribution in [2.75, 3.05) is 6.61 Å². The summed E-state index contributed by atoms with van der Waals surface area (Å²) in [7, 11) is 1.59. The van der Waals surface area contributed by atoms with Crippen molar-refractivity contribution in [1.82, 2.24) is 14.5 Å². The molecule has 0 unspecified atom stereocenters. The van der Waals surface area contributed by atoms with E-state index in [9.17, 15) is 14.4 Å². The molecule has 0 spiro atoms. The van der Waals surface area contributed by atoms with Gasteiger partial charge in [-0.2, -0.15) is 0 Å². The molecular formula is C26H25N3O4. The molecule has 0 saturated carbocycles. The molecule has 1 heterocycles. The molecule has 0 aliphatic heterocycles. The number of hydrogen-bond acceptors (Lipinski definition) is 4. The number of aryl methyl sites for hydroxylation is 1. The van der Waals surface area contributed by atoms with Gasteiger partial charge in [-0.05, 0) is 54.4 Å². The molecule has 0 fully saturated rings. The fourth-order valence-corrected chi connectivity index (χ4v) is 3.71. The summed E-state index contributed by atoms with van der Waals surface area (Å²) >= 11 is 0. The Morgan fingerprint density at radius 2 is 1.48 bits per heavy atom. The lowest BCUT2D eigenvalue weighted by molar-refractivity contribution is 0.0951. The molecular weight excluding hydrogens is 418 g/mol. The molecule has 0 saturated heterocycles. The fraction of sp³-hybridized carbons (Fsp3) is 0.192. The number of carbonyl (C=O) groups is 1. The van der Waals surface area contributed by atoms with Crippen LogP contribution in [0.4, 0.5) is 0 Å². The lowest BCUT2D eigenvalue weighted by atomic mass is 10.1. The van der Waals surface area contributed by atoms with Crippen molar-refractivity contribution in [3.8, 4) is 5.75 Å². The van der Waals surface area contributed by atoms with E-state index in [0.29, 0.717) is 29.7 Å². The second-order valence-corrected chi connectivity index (χ2v) is 7.70. The number of amides is 1. The van der Waals surface area contributed by atoms with Gasteiger partial charge in [-0.15, -0.1) is 0 Å². The number of benzene rings is 3. The molecule has 0 radical (unpaired) electrons. The quantitative estimate of drug-likeness (QED) is 0.445. The summed E-state index contributed by atoms with van der Waals surface area (Å²) in [5.74, 6) is 0.609. The number of carbonyl (C=O) groups excluding carboxylic acids is 1. The highest BCUT2D eigenvalue weighted by Crippen LogP contribution is 2.14. The van der Waals surface area contributed by atoms with Gasteiger partial charge in [0.15, 0.2) is 0 Å². The first-order valence-electron chi connectivity index (χ1n) is 10.8. The van der Waals surface area contributed by atoms with Crippen LogP contribution in [-0.4, -0.2) is 21.6 Å². The summed E-state index contributed by atoms with van der Waals surface area (Å²) < 4.78 is 8.26. The van der Waals surface area contributed by atoms with Crippen LogP contribution in [0.15, 0.2) is 82.4 Å². The van der Waals surface area contributed by atoms with Crippen LogP contribution in [0.25, 0.3) is 11.0 Å².